The molecule has 0 fully saturated rings. The first kappa shape index (κ1) is 30.6. The van der Waals surface area contributed by atoms with Gasteiger partial charge in [-0.1, -0.05) is 164 Å². The first-order valence-electron chi connectivity index (χ1n) is 17.9. The van der Waals surface area contributed by atoms with Gasteiger partial charge in [0.05, 0.1) is 11.0 Å². The predicted octanol–water partition coefficient (Wildman–Crippen LogP) is 12.5. The summed E-state index contributed by atoms with van der Waals surface area (Å²) in [6.07, 6.45) is 0. The number of rotatable bonds is 6. The molecule has 0 atom stereocenters. The van der Waals surface area contributed by atoms with Gasteiger partial charge in [0.25, 0.3) is 0 Å². The summed E-state index contributed by atoms with van der Waals surface area (Å²) in [7, 11) is 0. The topological polar surface area (TPSA) is 43.6 Å². The molecule has 0 aliphatic carbocycles. The fraction of sp³-hybridized carbons (Fsp3) is 0. The van der Waals surface area contributed by atoms with Gasteiger partial charge in [0, 0.05) is 33.2 Å². The Morgan fingerprint density at radius 1 is 0.283 bits per heavy atom. The van der Waals surface area contributed by atoms with E-state index in [9.17, 15) is 0 Å². The molecule has 0 aliphatic rings. The second-order valence-corrected chi connectivity index (χ2v) is 13.3. The van der Waals surface area contributed by atoms with Gasteiger partial charge in [0.15, 0.2) is 17.5 Å². The Labute approximate surface area is 307 Å². The van der Waals surface area contributed by atoms with Crippen molar-refractivity contribution in [2.75, 3.05) is 0 Å². The Balaban J connectivity index is 1.09. The average Bonchev–Trinajstić information content (AvgIpc) is 3.58. The van der Waals surface area contributed by atoms with Crippen LogP contribution < -0.4 is 0 Å². The first-order valence-corrected chi connectivity index (χ1v) is 17.9. The predicted molar refractivity (Wildman–Crippen MR) is 219 cm³/mol. The summed E-state index contributed by atoms with van der Waals surface area (Å²) in [5.41, 5.74) is 10.8. The molecule has 0 unspecified atom stereocenters. The molecule has 0 spiro atoms. The van der Waals surface area contributed by atoms with Crippen molar-refractivity contribution in [3.63, 3.8) is 0 Å². The van der Waals surface area contributed by atoms with E-state index in [0.29, 0.717) is 17.5 Å². The molecule has 2 heterocycles. The van der Waals surface area contributed by atoms with E-state index in [2.05, 4.69) is 193 Å². The highest BCUT2D eigenvalue weighted by Gasteiger charge is 2.16. The number of aromatic nitrogens is 4. The molecular formula is C49H32N4. The Kier molecular flexibility index (Phi) is 7.43. The van der Waals surface area contributed by atoms with Gasteiger partial charge in [-0.05, 0) is 63.4 Å². The SMILES string of the molecule is c1ccc(-c2ccc(-c3nc(-c4ccc(-c5ccc6ccccc6c5)cc4)nc(-c4cccc(-n5c6ccccc6c6ccccc65)c4)n3)cc2)cc1. The maximum Gasteiger partial charge on any atom is 0.164 e. The van der Waals surface area contributed by atoms with Gasteiger partial charge in [-0.25, -0.2) is 15.0 Å². The molecule has 0 saturated carbocycles. The minimum absolute atomic E-state index is 0.623. The number of fused-ring (bicyclic) bond motifs is 4. The van der Waals surface area contributed by atoms with E-state index in [0.717, 1.165) is 44.5 Å². The number of benzene rings is 8. The molecule has 0 N–H and O–H groups in total. The van der Waals surface area contributed by atoms with Gasteiger partial charge in [0.2, 0.25) is 0 Å². The molecule has 2 aromatic heterocycles. The largest absolute Gasteiger partial charge is 0.309 e. The lowest BCUT2D eigenvalue weighted by Crippen LogP contribution is -2.01. The van der Waals surface area contributed by atoms with Gasteiger partial charge in [-0.2, -0.15) is 0 Å². The quantitative estimate of drug-likeness (QED) is 0.176. The summed E-state index contributed by atoms with van der Waals surface area (Å²) in [6.45, 7) is 0. The first-order chi connectivity index (χ1) is 26.2. The normalized spacial score (nSPS) is 11.4. The molecule has 4 nitrogen and oxygen atoms in total. The molecule has 8 aromatic carbocycles. The van der Waals surface area contributed by atoms with Crippen LogP contribution in [0.15, 0.2) is 194 Å². The molecule has 0 amide bonds. The third-order valence-corrected chi connectivity index (χ3v) is 10.1. The van der Waals surface area contributed by atoms with Gasteiger partial charge >= 0.3 is 0 Å². The minimum Gasteiger partial charge on any atom is -0.309 e. The molecule has 0 aliphatic heterocycles. The third-order valence-electron chi connectivity index (χ3n) is 10.1. The van der Waals surface area contributed by atoms with Gasteiger partial charge in [-0.15, -0.1) is 0 Å². The summed E-state index contributed by atoms with van der Waals surface area (Å²) < 4.78 is 2.32. The standard InChI is InChI=1S/C49H32N4/c1-2-11-33(12-3-1)35-21-26-37(27-22-35)47-50-48(38-28-23-36(24-29-38)40-30-25-34-13-4-5-14-39(34)31-40)52-49(51-47)41-15-10-16-42(32-41)53-45-19-8-6-17-43(45)44-18-7-9-20-46(44)53/h1-32H. The zero-order valence-corrected chi connectivity index (χ0v) is 28.8. The second-order valence-electron chi connectivity index (χ2n) is 13.3. The molecule has 0 bridgehead atoms. The summed E-state index contributed by atoms with van der Waals surface area (Å²) in [5.74, 6) is 1.88. The van der Waals surface area contributed by atoms with E-state index in [1.807, 2.05) is 6.07 Å². The third kappa shape index (κ3) is 5.63. The van der Waals surface area contributed by atoms with Crippen LogP contribution in [0.25, 0.3) is 94.7 Å². The van der Waals surface area contributed by atoms with Crippen LogP contribution in [0.4, 0.5) is 0 Å². The minimum atomic E-state index is 0.623. The van der Waals surface area contributed by atoms with Crippen molar-refractivity contribution in [3.05, 3.63) is 194 Å². The summed E-state index contributed by atoms with van der Waals surface area (Å²) in [5, 5.41) is 4.91. The van der Waals surface area contributed by atoms with Crippen molar-refractivity contribution >= 4 is 32.6 Å². The summed E-state index contributed by atoms with van der Waals surface area (Å²) >= 11 is 0. The van der Waals surface area contributed by atoms with E-state index >= 15 is 0 Å². The van der Waals surface area contributed by atoms with Crippen molar-refractivity contribution in [1.29, 1.82) is 0 Å². The molecule has 10 rings (SSSR count). The van der Waals surface area contributed by atoms with E-state index in [1.54, 1.807) is 0 Å². The summed E-state index contributed by atoms with van der Waals surface area (Å²) in [4.78, 5) is 15.3. The Morgan fingerprint density at radius 2 is 0.736 bits per heavy atom. The molecule has 0 saturated heterocycles. The lowest BCUT2D eigenvalue weighted by molar-refractivity contribution is 1.07. The van der Waals surface area contributed by atoms with Crippen LogP contribution in [0.3, 0.4) is 0 Å². The fourth-order valence-corrected chi connectivity index (χ4v) is 7.37. The van der Waals surface area contributed by atoms with Gasteiger partial charge in [-0.3, -0.25) is 0 Å². The van der Waals surface area contributed by atoms with E-state index in [4.69, 9.17) is 15.0 Å². The lowest BCUT2D eigenvalue weighted by atomic mass is 10.00. The van der Waals surface area contributed by atoms with Crippen molar-refractivity contribution < 1.29 is 0 Å². The highest BCUT2D eigenvalue weighted by molar-refractivity contribution is 6.09. The number of hydrogen-bond donors (Lipinski definition) is 0. The van der Waals surface area contributed by atoms with Crippen LogP contribution in [0.5, 0.6) is 0 Å². The maximum atomic E-state index is 5.12. The lowest BCUT2D eigenvalue weighted by Gasteiger charge is -2.12. The van der Waals surface area contributed by atoms with E-state index in [-0.39, 0.29) is 0 Å². The van der Waals surface area contributed by atoms with E-state index in [1.165, 1.54) is 32.7 Å². The van der Waals surface area contributed by atoms with Crippen molar-refractivity contribution in [1.82, 2.24) is 19.5 Å². The zero-order valence-electron chi connectivity index (χ0n) is 28.8. The number of nitrogens with zero attached hydrogens (tertiary/aromatic N) is 4. The Morgan fingerprint density at radius 3 is 1.38 bits per heavy atom. The van der Waals surface area contributed by atoms with Gasteiger partial charge < -0.3 is 4.57 Å². The molecular weight excluding hydrogens is 645 g/mol. The van der Waals surface area contributed by atoms with Crippen molar-refractivity contribution in [2.24, 2.45) is 0 Å². The van der Waals surface area contributed by atoms with Gasteiger partial charge in [0.1, 0.15) is 0 Å². The number of para-hydroxylation sites is 2. The highest BCUT2D eigenvalue weighted by Crippen LogP contribution is 2.34. The van der Waals surface area contributed by atoms with Crippen LogP contribution in [0.1, 0.15) is 0 Å². The molecule has 4 heteroatoms. The highest BCUT2D eigenvalue weighted by atomic mass is 15.0. The van der Waals surface area contributed by atoms with Crippen molar-refractivity contribution in [2.45, 2.75) is 0 Å². The maximum absolute atomic E-state index is 5.12. The second kappa shape index (κ2) is 12.9. The fourth-order valence-electron chi connectivity index (χ4n) is 7.37. The molecule has 248 valence electrons. The van der Waals surface area contributed by atoms with Crippen LogP contribution in [0, 0.1) is 0 Å². The van der Waals surface area contributed by atoms with Crippen LogP contribution in [0.2, 0.25) is 0 Å². The van der Waals surface area contributed by atoms with Crippen LogP contribution in [-0.2, 0) is 0 Å². The van der Waals surface area contributed by atoms with Crippen molar-refractivity contribution in [3.8, 4) is 62.1 Å². The molecule has 10 aromatic rings. The van der Waals surface area contributed by atoms with E-state index < -0.39 is 0 Å². The monoisotopic (exact) mass is 676 g/mol. The van der Waals surface area contributed by atoms with Crippen LogP contribution >= 0.6 is 0 Å². The Hall–Kier alpha value is -7.17. The summed E-state index contributed by atoms with van der Waals surface area (Å²) in [6, 6.07) is 68.1. The molecule has 53 heavy (non-hydrogen) atoms. The molecule has 0 radical (unpaired) electrons. The Bertz CT molecular complexity index is 2870. The average molecular weight is 677 g/mol. The zero-order chi connectivity index (χ0) is 35.1. The number of hydrogen-bond acceptors (Lipinski definition) is 3. The smallest absolute Gasteiger partial charge is 0.164 e. The van der Waals surface area contributed by atoms with Crippen LogP contribution in [-0.4, -0.2) is 19.5 Å².